The van der Waals surface area contributed by atoms with E-state index in [2.05, 4.69) is 43.3 Å². The summed E-state index contributed by atoms with van der Waals surface area (Å²) in [5, 5.41) is 0. The van der Waals surface area contributed by atoms with Gasteiger partial charge in [-0.3, -0.25) is 4.18 Å². The highest BCUT2D eigenvalue weighted by molar-refractivity contribution is 7.94. The second kappa shape index (κ2) is 4.79. The van der Waals surface area contributed by atoms with E-state index in [-0.39, 0.29) is 5.60 Å². The molecule has 0 aromatic heterocycles. The lowest BCUT2D eigenvalue weighted by atomic mass is 10.1. The second-order valence-electron chi connectivity index (χ2n) is 4.84. The molecule has 2 aromatic carbocycles. The van der Waals surface area contributed by atoms with Gasteiger partial charge in [0.25, 0.3) is 0 Å². The monoisotopic (exact) mass is 256 g/mol. The summed E-state index contributed by atoms with van der Waals surface area (Å²) in [6, 6.07) is 19.0. The lowest BCUT2D eigenvalue weighted by Gasteiger charge is -2.15. The van der Waals surface area contributed by atoms with E-state index < -0.39 is 0 Å². The molecule has 0 radical (unpaired) electrons. The van der Waals surface area contributed by atoms with Crippen LogP contribution in [0.4, 0.5) is 0 Å². The van der Waals surface area contributed by atoms with Gasteiger partial charge >= 0.3 is 0 Å². The molecule has 18 heavy (non-hydrogen) atoms. The first kappa shape index (κ1) is 11.8. The lowest BCUT2D eigenvalue weighted by Crippen LogP contribution is -2.07. The van der Waals surface area contributed by atoms with Crippen LogP contribution in [0.5, 0.6) is 0 Å². The fourth-order valence-corrected chi connectivity index (χ4v) is 2.78. The highest BCUT2D eigenvalue weighted by Gasteiger charge is 2.46. The minimum Gasteiger partial charge on any atom is -0.299 e. The quantitative estimate of drug-likeness (QED) is 0.733. The van der Waals surface area contributed by atoms with Crippen LogP contribution in [-0.4, -0.2) is 0 Å². The highest BCUT2D eigenvalue weighted by atomic mass is 32.2. The number of hydrogen-bond acceptors (Lipinski definition) is 2. The Morgan fingerprint density at radius 3 is 2.22 bits per heavy atom. The molecule has 1 fully saturated rings. The van der Waals surface area contributed by atoms with Gasteiger partial charge in [-0.25, -0.2) is 0 Å². The Morgan fingerprint density at radius 2 is 1.61 bits per heavy atom. The molecule has 0 spiro atoms. The fourth-order valence-electron chi connectivity index (χ4n) is 1.99. The van der Waals surface area contributed by atoms with Crippen molar-refractivity contribution in [2.24, 2.45) is 0 Å². The van der Waals surface area contributed by atoms with Crippen LogP contribution < -0.4 is 0 Å². The summed E-state index contributed by atoms with van der Waals surface area (Å²) in [7, 11) is 0. The fraction of sp³-hybridized carbons (Fsp3) is 0.250. The molecule has 92 valence electrons. The maximum Gasteiger partial charge on any atom is 0.108 e. The summed E-state index contributed by atoms with van der Waals surface area (Å²) in [5.74, 6) is 0. The van der Waals surface area contributed by atoms with E-state index in [0.29, 0.717) is 0 Å². The van der Waals surface area contributed by atoms with E-state index >= 15 is 0 Å². The highest BCUT2D eigenvalue weighted by Crippen LogP contribution is 2.52. The number of rotatable bonds is 4. The van der Waals surface area contributed by atoms with Gasteiger partial charge < -0.3 is 0 Å². The molecule has 0 unspecified atom stereocenters. The summed E-state index contributed by atoms with van der Waals surface area (Å²) >= 11 is 1.49. The zero-order chi connectivity index (χ0) is 12.4. The molecule has 0 aliphatic heterocycles. The molecule has 0 atom stereocenters. The van der Waals surface area contributed by atoms with Gasteiger partial charge in [0.2, 0.25) is 0 Å². The van der Waals surface area contributed by atoms with Crippen LogP contribution in [0.15, 0.2) is 59.5 Å². The Labute approximate surface area is 112 Å². The predicted octanol–water partition coefficient (Wildman–Crippen LogP) is 4.71. The minimum atomic E-state index is -0.0474. The zero-order valence-electron chi connectivity index (χ0n) is 10.4. The average molecular weight is 256 g/mol. The van der Waals surface area contributed by atoms with Crippen molar-refractivity contribution in [3.05, 3.63) is 65.7 Å². The van der Waals surface area contributed by atoms with Crippen LogP contribution in [0, 0.1) is 6.92 Å². The Bertz CT molecular complexity index is 515. The van der Waals surface area contributed by atoms with Crippen molar-refractivity contribution in [3.8, 4) is 0 Å². The first-order valence-corrected chi connectivity index (χ1v) is 7.01. The second-order valence-corrected chi connectivity index (χ2v) is 5.64. The molecule has 1 saturated carbocycles. The van der Waals surface area contributed by atoms with Crippen LogP contribution in [-0.2, 0) is 9.78 Å². The molecule has 2 aromatic rings. The van der Waals surface area contributed by atoms with Crippen molar-refractivity contribution in [2.75, 3.05) is 0 Å². The third-order valence-corrected chi connectivity index (χ3v) is 4.19. The van der Waals surface area contributed by atoms with Crippen LogP contribution >= 0.6 is 12.0 Å². The normalized spacial score (nSPS) is 16.5. The molecule has 1 aliphatic carbocycles. The molecule has 0 N–H and O–H groups in total. The third kappa shape index (κ3) is 2.45. The smallest absolute Gasteiger partial charge is 0.108 e. The topological polar surface area (TPSA) is 9.23 Å². The molecule has 1 aliphatic rings. The Kier molecular flexibility index (Phi) is 3.14. The average Bonchev–Trinajstić information content (AvgIpc) is 3.20. The van der Waals surface area contributed by atoms with Gasteiger partial charge in [0.05, 0.1) is 0 Å². The largest absolute Gasteiger partial charge is 0.299 e. The number of benzene rings is 2. The van der Waals surface area contributed by atoms with Gasteiger partial charge in [0, 0.05) is 16.9 Å². The van der Waals surface area contributed by atoms with E-state index in [9.17, 15) is 0 Å². The van der Waals surface area contributed by atoms with Gasteiger partial charge in [0.1, 0.15) is 5.60 Å². The molecule has 1 nitrogen and oxygen atoms in total. The van der Waals surface area contributed by atoms with Crippen molar-refractivity contribution in [1.82, 2.24) is 0 Å². The lowest BCUT2D eigenvalue weighted by molar-refractivity contribution is 0.222. The molecule has 0 amide bonds. The number of aryl methyl sites for hydroxylation is 1. The van der Waals surface area contributed by atoms with E-state index in [1.165, 1.54) is 23.2 Å². The molecule has 3 rings (SSSR count). The minimum absolute atomic E-state index is 0.0474. The first-order chi connectivity index (χ1) is 8.78. The van der Waals surface area contributed by atoms with E-state index in [1.807, 2.05) is 18.2 Å². The van der Waals surface area contributed by atoms with Crippen LogP contribution in [0.1, 0.15) is 24.0 Å². The summed E-state index contributed by atoms with van der Waals surface area (Å²) in [4.78, 5) is 1.16. The first-order valence-electron chi connectivity index (χ1n) is 6.26. The predicted molar refractivity (Wildman–Crippen MR) is 75.5 cm³/mol. The summed E-state index contributed by atoms with van der Waals surface area (Å²) in [6.07, 6.45) is 2.24. The van der Waals surface area contributed by atoms with E-state index in [4.69, 9.17) is 4.18 Å². The summed E-state index contributed by atoms with van der Waals surface area (Å²) in [5.41, 5.74) is 2.55. The van der Waals surface area contributed by atoms with Crippen molar-refractivity contribution in [3.63, 3.8) is 0 Å². The van der Waals surface area contributed by atoms with Gasteiger partial charge in [-0.15, -0.1) is 0 Å². The maximum atomic E-state index is 6.07. The Hall–Kier alpha value is -1.25. The molecule has 0 heterocycles. The summed E-state index contributed by atoms with van der Waals surface area (Å²) < 4.78 is 6.07. The van der Waals surface area contributed by atoms with Crippen molar-refractivity contribution >= 4 is 12.0 Å². The molecule has 2 heteroatoms. The maximum absolute atomic E-state index is 6.07. The SMILES string of the molecule is Cc1ccc(C2(OSc3ccccc3)CC2)cc1. The van der Waals surface area contributed by atoms with Crippen LogP contribution in [0.2, 0.25) is 0 Å². The van der Waals surface area contributed by atoms with Crippen LogP contribution in [0.25, 0.3) is 0 Å². The van der Waals surface area contributed by atoms with Gasteiger partial charge in [-0.1, -0.05) is 48.0 Å². The molecular weight excluding hydrogens is 240 g/mol. The zero-order valence-corrected chi connectivity index (χ0v) is 11.2. The van der Waals surface area contributed by atoms with Crippen molar-refractivity contribution < 1.29 is 4.18 Å². The third-order valence-electron chi connectivity index (χ3n) is 3.32. The standard InChI is InChI=1S/C16H16OS/c1-13-7-9-14(10-8-13)16(11-12-16)17-18-15-5-3-2-4-6-15/h2-10H,11-12H2,1H3. The van der Waals surface area contributed by atoms with E-state index in [0.717, 1.165) is 17.7 Å². The van der Waals surface area contributed by atoms with Crippen LogP contribution in [0.3, 0.4) is 0 Å². The van der Waals surface area contributed by atoms with E-state index in [1.54, 1.807) is 0 Å². The van der Waals surface area contributed by atoms with Gasteiger partial charge in [-0.05, 0) is 37.5 Å². The Morgan fingerprint density at radius 1 is 0.944 bits per heavy atom. The molecular formula is C16H16OS. The van der Waals surface area contributed by atoms with Gasteiger partial charge in [-0.2, -0.15) is 0 Å². The Balaban J connectivity index is 1.70. The molecule has 0 saturated heterocycles. The summed E-state index contributed by atoms with van der Waals surface area (Å²) in [6.45, 7) is 2.11. The van der Waals surface area contributed by atoms with Crippen molar-refractivity contribution in [1.29, 1.82) is 0 Å². The van der Waals surface area contributed by atoms with Gasteiger partial charge in [0.15, 0.2) is 0 Å². The molecule has 0 bridgehead atoms. The van der Waals surface area contributed by atoms with Crippen molar-refractivity contribution in [2.45, 2.75) is 30.3 Å². The number of hydrogen-bond donors (Lipinski definition) is 0.